The number of benzene rings is 6. The Balaban J connectivity index is 1.56. The lowest BCUT2D eigenvalue weighted by Gasteiger charge is -2.43. The van der Waals surface area contributed by atoms with E-state index in [1.807, 2.05) is 17.8 Å². The fourth-order valence-corrected chi connectivity index (χ4v) is 8.99. The highest BCUT2D eigenvalue weighted by atomic mass is 79.9. The molecule has 2 aliphatic rings. The number of fused-ring (bicyclic) bond motifs is 14. The molecule has 0 saturated heterocycles. The molecule has 1 nitrogen and oxygen atoms in total. The summed E-state index contributed by atoms with van der Waals surface area (Å²) in [6, 6.07) is 44.4. The summed E-state index contributed by atoms with van der Waals surface area (Å²) in [5.74, 6) is 0. The highest BCUT2D eigenvalue weighted by Crippen LogP contribution is 2.62. The molecule has 0 saturated carbocycles. The Morgan fingerprint density at radius 2 is 1.10 bits per heavy atom. The Morgan fingerprint density at radius 1 is 0.463 bits per heavy atom. The molecule has 0 radical (unpaired) electrons. The van der Waals surface area contributed by atoms with Gasteiger partial charge in [-0.05, 0) is 93.0 Å². The van der Waals surface area contributed by atoms with Gasteiger partial charge in [-0.25, -0.2) is 0 Å². The van der Waals surface area contributed by atoms with E-state index in [9.17, 15) is 0 Å². The molecule has 0 fully saturated rings. The van der Waals surface area contributed by atoms with Crippen LogP contribution >= 0.6 is 43.6 Å². The molecule has 2 heterocycles. The average molecular weight is 672 g/mol. The molecule has 4 heteroatoms. The summed E-state index contributed by atoms with van der Waals surface area (Å²) in [5, 5.41) is 2.29. The molecule has 0 N–H and O–H groups in total. The van der Waals surface area contributed by atoms with Crippen LogP contribution in [0.15, 0.2) is 144 Å². The first-order valence-electron chi connectivity index (χ1n) is 13.6. The molecule has 0 unspecified atom stereocenters. The standard InChI is InChI=1S/C37H20Br2OS/c38-21-13-15-25-23-7-1-2-8-24(23)26-16-14-22(39)18-31(26)37(30(25)17-21)29-10-4-6-12-35(29)41-36-20-34-28(19-32(36)37)27-9-3-5-11-33(27)40-34/h1-20H. The largest absolute Gasteiger partial charge is 0.456 e. The van der Waals surface area contributed by atoms with Gasteiger partial charge in [-0.2, -0.15) is 0 Å². The Bertz CT molecular complexity index is 2150. The van der Waals surface area contributed by atoms with Crippen LogP contribution in [0.3, 0.4) is 0 Å². The lowest BCUT2D eigenvalue weighted by molar-refractivity contribution is 0.663. The zero-order valence-electron chi connectivity index (χ0n) is 21.6. The van der Waals surface area contributed by atoms with Crippen LogP contribution in [0.1, 0.15) is 22.3 Å². The molecule has 1 aromatic heterocycles. The number of hydrogen-bond acceptors (Lipinski definition) is 2. The predicted molar refractivity (Wildman–Crippen MR) is 176 cm³/mol. The van der Waals surface area contributed by atoms with Crippen molar-refractivity contribution in [2.24, 2.45) is 0 Å². The molecule has 6 aromatic carbocycles. The third-order valence-electron chi connectivity index (χ3n) is 8.67. The van der Waals surface area contributed by atoms with Gasteiger partial charge in [0.15, 0.2) is 0 Å². The van der Waals surface area contributed by atoms with Gasteiger partial charge in [-0.3, -0.25) is 0 Å². The lowest BCUT2D eigenvalue weighted by atomic mass is 9.63. The quantitative estimate of drug-likeness (QED) is 0.159. The normalized spacial score (nSPS) is 14.2. The van der Waals surface area contributed by atoms with Crippen molar-refractivity contribution in [3.8, 4) is 22.3 Å². The molecular formula is C37H20Br2OS. The van der Waals surface area contributed by atoms with Crippen LogP contribution in [-0.4, -0.2) is 0 Å². The number of furan rings is 1. The number of rotatable bonds is 0. The lowest BCUT2D eigenvalue weighted by Crippen LogP contribution is -2.34. The number of hydrogen-bond donors (Lipinski definition) is 0. The van der Waals surface area contributed by atoms with E-state index in [4.69, 9.17) is 4.42 Å². The monoisotopic (exact) mass is 670 g/mol. The van der Waals surface area contributed by atoms with Gasteiger partial charge in [-0.15, -0.1) is 0 Å². The summed E-state index contributed by atoms with van der Waals surface area (Å²) >= 11 is 9.59. The zero-order chi connectivity index (χ0) is 27.3. The van der Waals surface area contributed by atoms with Gasteiger partial charge in [-0.1, -0.05) is 116 Å². The molecule has 1 spiro atoms. The molecular weight excluding hydrogens is 652 g/mol. The molecule has 0 bridgehead atoms. The highest BCUT2D eigenvalue weighted by molar-refractivity contribution is 9.10. The van der Waals surface area contributed by atoms with Crippen LogP contribution in [0.4, 0.5) is 0 Å². The Morgan fingerprint density at radius 3 is 1.83 bits per heavy atom. The summed E-state index contributed by atoms with van der Waals surface area (Å²) in [6.07, 6.45) is 0. The Labute approximate surface area is 258 Å². The fourth-order valence-electron chi connectivity index (χ4n) is 7.06. The van der Waals surface area contributed by atoms with Crippen molar-refractivity contribution >= 4 is 65.6 Å². The molecule has 7 aromatic rings. The first-order chi connectivity index (χ1) is 20.1. The van der Waals surface area contributed by atoms with Crippen molar-refractivity contribution < 1.29 is 4.42 Å². The maximum absolute atomic E-state index is 6.41. The van der Waals surface area contributed by atoms with Gasteiger partial charge in [0.1, 0.15) is 11.2 Å². The van der Waals surface area contributed by atoms with E-state index in [1.54, 1.807) is 0 Å². The first kappa shape index (κ1) is 24.1. The van der Waals surface area contributed by atoms with Gasteiger partial charge >= 0.3 is 0 Å². The summed E-state index contributed by atoms with van der Waals surface area (Å²) in [4.78, 5) is 2.48. The van der Waals surface area contributed by atoms with E-state index in [2.05, 4.69) is 147 Å². The van der Waals surface area contributed by atoms with Gasteiger partial charge < -0.3 is 4.42 Å². The van der Waals surface area contributed by atoms with Crippen molar-refractivity contribution in [1.29, 1.82) is 0 Å². The van der Waals surface area contributed by atoms with Crippen LogP contribution < -0.4 is 0 Å². The SMILES string of the molecule is Brc1ccc2c(c1)C1(c3ccccc3Sc3cc4oc5ccccc5c4cc31)c1cc(Br)ccc1-c1ccccc1-2. The predicted octanol–water partition coefficient (Wildman–Crippen LogP) is 11.6. The summed E-state index contributed by atoms with van der Waals surface area (Å²) in [6.45, 7) is 0. The smallest absolute Gasteiger partial charge is 0.136 e. The van der Waals surface area contributed by atoms with E-state index in [0.29, 0.717) is 0 Å². The maximum atomic E-state index is 6.41. The van der Waals surface area contributed by atoms with Crippen molar-refractivity contribution in [1.82, 2.24) is 0 Å². The van der Waals surface area contributed by atoms with E-state index >= 15 is 0 Å². The summed E-state index contributed by atoms with van der Waals surface area (Å²) in [7, 11) is 0. The van der Waals surface area contributed by atoms with Crippen molar-refractivity contribution in [2.75, 3.05) is 0 Å². The van der Waals surface area contributed by atoms with Gasteiger partial charge in [0, 0.05) is 29.5 Å². The minimum atomic E-state index is -0.568. The topological polar surface area (TPSA) is 13.1 Å². The van der Waals surface area contributed by atoms with Crippen LogP contribution in [0, 0.1) is 0 Å². The van der Waals surface area contributed by atoms with Crippen LogP contribution in [-0.2, 0) is 5.41 Å². The Kier molecular flexibility index (Phi) is 5.12. The molecule has 194 valence electrons. The van der Waals surface area contributed by atoms with E-state index in [1.165, 1.54) is 54.3 Å². The minimum Gasteiger partial charge on any atom is -0.456 e. The van der Waals surface area contributed by atoms with Gasteiger partial charge in [0.2, 0.25) is 0 Å². The molecule has 0 amide bonds. The molecule has 41 heavy (non-hydrogen) atoms. The van der Waals surface area contributed by atoms with Crippen LogP contribution in [0.5, 0.6) is 0 Å². The van der Waals surface area contributed by atoms with E-state index < -0.39 is 5.41 Å². The second-order valence-corrected chi connectivity index (χ2v) is 13.6. The van der Waals surface area contributed by atoms with Gasteiger partial charge in [0.25, 0.3) is 0 Å². The van der Waals surface area contributed by atoms with E-state index in [-0.39, 0.29) is 0 Å². The van der Waals surface area contributed by atoms with Crippen molar-refractivity contribution in [2.45, 2.75) is 15.2 Å². The second-order valence-electron chi connectivity index (χ2n) is 10.7. The molecule has 1 aliphatic heterocycles. The minimum absolute atomic E-state index is 0.568. The van der Waals surface area contributed by atoms with Crippen LogP contribution in [0.25, 0.3) is 44.2 Å². The second kappa shape index (κ2) is 8.72. The molecule has 9 rings (SSSR count). The van der Waals surface area contributed by atoms with Crippen LogP contribution in [0.2, 0.25) is 0 Å². The van der Waals surface area contributed by atoms with Crippen molar-refractivity contribution in [3.05, 3.63) is 153 Å². The van der Waals surface area contributed by atoms with Crippen molar-refractivity contribution in [3.63, 3.8) is 0 Å². The summed E-state index contributed by atoms with van der Waals surface area (Å²) in [5.41, 5.74) is 11.4. The average Bonchev–Trinajstić information content (AvgIpc) is 3.32. The first-order valence-corrected chi connectivity index (χ1v) is 16.0. The maximum Gasteiger partial charge on any atom is 0.136 e. The third-order valence-corrected chi connectivity index (χ3v) is 10.8. The zero-order valence-corrected chi connectivity index (χ0v) is 25.6. The molecule has 1 aliphatic carbocycles. The number of halogens is 2. The fraction of sp³-hybridized carbons (Fsp3) is 0.0270. The third kappa shape index (κ3) is 3.24. The Hall–Kier alpha value is -3.57. The number of para-hydroxylation sites is 1. The van der Waals surface area contributed by atoms with E-state index in [0.717, 1.165) is 30.9 Å². The van der Waals surface area contributed by atoms with Gasteiger partial charge in [0.05, 0.1) is 5.41 Å². The summed E-state index contributed by atoms with van der Waals surface area (Å²) < 4.78 is 8.54. The molecule has 0 atom stereocenters. The highest BCUT2D eigenvalue weighted by Gasteiger charge is 2.48.